The fourth-order valence-corrected chi connectivity index (χ4v) is 6.96. The minimum atomic E-state index is -1.93. The summed E-state index contributed by atoms with van der Waals surface area (Å²) in [5.41, 5.74) is 5.16. The molecule has 0 amide bonds. The summed E-state index contributed by atoms with van der Waals surface area (Å²) in [6.45, 7) is 7.33. The van der Waals surface area contributed by atoms with Crippen molar-refractivity contribution >= 4 is 56.2 Å². The first-order valence-corrected chi connectivity index (χ1v) is 19.9. The monoisotopic (exact) mass is 747 g/mol. The van der Waals surface area contributed by atoms with E-state index in [1.807, 2.05) is 12.3 Å². The molecule has 0 aliphatic carbocycles. The molecule has 0 unspecified atom stereocenters. The maximum Gasteiger partial charge on any atom is 0 e. The molecular weight excluding hydrogens is 711 g/mol. The SMILES string of the molecule is CC(=O)/C=C(/C)O.CC(C)c1cc(-c2nccc3oc4c[c]([Ge]([CH3])([CH3])[CH3])ccc4c23)[c-]c2ccccc12.[Ir]. The number of furan rings is 1. The normalized spacial score (nSPS) is 11.9. The molecule has 0 atom stereocenters. The van der Waals surface area contributed by atoms with Gasteiger partial charge in [-0.2, -0.15) is 0 Å². The van der Waals surface area contributed by atoms with Gasteiger partial charge in [0.2, 0.25) is 0 Å². The molecule has 0 bridgehead atoms. The van der Waals surface area contributed by atoms with Gasteiger partial charge in [-0.05, 0) is 13.8 Å². The second-order valence-electron chi connectivity index (χ2n) is 10.8. The Morgan fingerprint density at radius 1 is 1.00 bits per heavy atom. The van der Waals surface area contributed by atoms with Crippen LogP contribution in [0.4, 0.5) is 0 Å². The molecule has 199 valence electrons. The van der Waals surface area contributed by atoms with Gasteiger partial charge in [-0.15, -0.1) is 0 Å². The van der Waals surface area contributed by atoms with Gasteiger partial charge < -0.3 is 5.11 Å². The first-order chi connectivity index (χ1) is 17.5. The molecule has 0 saturated heterocycles. The Kier molecular flexibility index (Phi) is 9.40. The number of rotatable bonds is 4. The molecule has 2 heterocycles. The van der Waals surface area contributed by atoms with Gasteiger partial charge in [0.1, 0.15) is 0 Å². The van der Waals surface area contributed by atoms with Gasteiger partial charge in [0.15, 0.2) is 5.78 Å². The molecule has 0 aliphatic heterocycles. The fourth-order valence-electron chi connectivity index (χ4n) is 4.55. The Hall–Kier alpha value is -2.73. The van der Waals surface area contributed by atoms with Crippen LogP contribution in [0.3, 0.4) is 0 Å². The Labute approximate surface area is 240 Å². The second-order valence-corrected chi connectivity index (χ2v) is 21.5. The van der Waals surface area contributed by atoms with E-state index >= 15 is 0 Å². The van der Waals surface area contributed by atoms with Crippen LogP contribution in [0.1, 0.15) is 39.2 Å². The number of hydrogen-bond donors (Lipinski definition) is 1. The van der Waals surface area contributed by atoms with E-state index in [1.54, 1.807) is 0 Å². The number of aliphatic hydroxyl groups excluding tert-OH is 1. The number of pyridine rings is 1. The van der Waals surface area contributed by atoms with Gasteiger partial charge in [-0.1, -0.05) is 0 Å². The molecule has 0 spiro atoms. The van der Waals surface area contributed by atoms with Crippen LogP contribution >= 0.6 is 0 Å². The quantitative estimate of drug-likeness (QED) is 0.0871. The smallest absolute Gasteiger partial charge is 0 e. The second kappa shape index (κ2) is 12.0. The topological polar surface area (TPSA) is 63.3 Å². The molecule has 6 heteroatoms. The number of fused-ring (bicyclic) bond motifs is 4. The van der Waals surface area contributed by atoms with Crippen LogP contribution < -0.4 is 4.40 Å². The Balaban J connectivity index is 0.000000444. The molecule has 3 aromatic carbocycles. The average molecular weight is 745 g/mol. The van der Waals surface area contributed by atoms with Gasteiger partial charge in [0, 0.05) is 26.2 Å². The summed E-state index contributed by atoms with van der Waals surface area (Å²) in [6, 6.07) is 23.1. The van der Waals surface area contributed by atoms with Crippen molar-refractivity contribution in [2.24, 2.45) is 0 Å². The summed E-state index contributed by atoms with van der Waals surface area (Å²) in [5, 5.41) is 13.0. The van der Waals surface area contributed by atoms with Gasteiger partial charge in [-0.3, -0.25) is 4.79 Å². The van der Waals surface area contributed by atoms with Gasteiger partial charge in [0.25, 0.3) is 0 Å². The van der Waals surface area contributed by atoms with Crippen LogP contribution in [0, 0.1) is 6.07 Å². The average Bonchev–Trinajstić information content (AvgIpc) is 3.20. The number of ketones is 1. The molecule has 0 saturated carbocycles. The molecular formula is C32H34GeIrNO3-. The number of aliphatic hydroxyl groups is 1. The molecule has 1 N–H and O–H groups in total. The molecule has 4 nitrogen and oxygen atoms in total. The van der Waals surface area contributed by atoms with E-state index in [2.05, 4.69) is 85.7 Å². The van der Waals surface area contributed by atoms with E-state index in [1.165, 1.54) is 35.3 Å². The molecule has 38 heavy (non-hydrogen) atoms. The summed E-state index contributed by atoms with van der Waals surface area (Å²) in [7, 11) is 0. The van der Waals surface area contributed by atoms with Crippen molar-refractivity contribution in [3.63, 3.8) is 0 Å². The van der Waals surface area contributed by atoms with E-state index in [0.717, 1.165) is 38.6 Å². The van der Waals surface area contributed by atoms with Crippen molar-refractivity contribution in [2.75, 3.05) is 0 Å². The van der Waals surface area contributed by atoms with Gasteiger partial charge in [-0.25, -0.2) is 0 Å². The summed E-state index contributed by atoms with van der Waals surface area (Å²) < 4.78 is 7.75. The number of hydrogen-bond acceptors (Lipinski definition) is 4. The molecule has 2 aromatic heterocycles. The van der Waals surface area contributed by atoms with E-state index in [-0.39, 0.29) is 31.6 Å². The first-order valence-electron chi connectivity index (χ1n) is 12.6. The molecule has 5 aromatic rings. The van der Waals surface area contributed by atoms with E-state index < -0.39 is 13.3 Å². The van der Waals surface area contributed by atoms with E-state index in [0.29, 0.717) is 5.92 Å². The zero-order chi connectivity index (χ0) is 26.9. The van der Waals surface area contributed by atoms with E-state index in [9.17, 15) is 4.79 Å². The number of carbonyl (C=O) groups excluding carboxylic acids is 1. The van der Waals surface area contributed by atoms with Gasteiger partial charge in [0.05, 0.1) is 5.76 Å². The molecule has 1 radical (unpaired) electrons. The standard InChI is InChI=1S/C27H26GeNO.C5H8O2.Ir/c1-17(2)23-15-19(14-18-8-6-7-9-21(18)23)27-26-22-11-10-20(28(3,4)5)16-25(22)30-24(26)12-13-29-27;1-4(6)3-5(2)7;/h6-13,15-17H,1-5H3;3,6H,1-2H3;/q-1;;/b;4-3-;. The number of nitrogens with zero attached hydrogens (tertiary/aromatic N) is 1. The molecule has 0 aliphatic rings. The van der Waals surface area contributed by atoms with Crippen molar-refractivity contribution in [1.82, 2.24) is 4.98 Å². The van der Waals surface area contributed by atoms with Crippen LogP contribution in [0.2, 0.25) is 17.3 Å². The van der Waals surface area contributed by atoms with Crippen molar-refractivity contribution in [3.8, 4) is 11.3 Å². The predicted octanol–water partition coefficient (Wildman–Crippen LogP) is 8.30. The Bertz CT molecular complexity index is 1640. The molecule has 5 rings (SSSR count). The summed E-state index contributed by atoms with van der Waals surface area (Å²) in [6.07, 6.45) is 3.01. The van der Waals surface area contributed by atoms with E-state index in [4.69, 9.17) is 14.5 Å². The van der Waals surface area contributed by atoms with Gasteiger partial charge >= 0.3 is 180 Å². The van der Waals surface area contributed by atoms with Crippen LogP contribution in [0.5, 0.6) is 0 Å². The van der Waals surface area contributed by atoms with Crippen LogP contribution in [-0.4, -0.2) is 29.1 Å². The minimum Gasteiger partial charge on any atom is 0 e. The van der Waals surface area contributed by atoms with Crippen molar-refractivity contribution in [2.45, 2.75) is 50.9 Å². The summed E-state index contributed by atoms with van der Waals surface area (Å²) in [4.78, 5) is 14.8. The number of allylic oxidation sites excluding steroid dienone is 2. The summed E-state index contributed by atoms with van der Waals surface area (Å²) >= 11 is -1.93. The minimum absolute atomic E-state index is 0. The van der Waals surface area contributed by atoms with Crippen LogP contribution in [0.15, 0.2) is 77.0 Å². The number of carbonyl (C=O) groups is 1. The number of benzene rings is 3. The third-order valence-corrected chi connectivity index (χ3v) is 10.6. The van der Waals surface area contributed by atoms with Crippen molar-refractivity contribution in [1.29, 1.82) is 0 Å². The maximum atomic E-state index is 10.0. The largest absolute Gasteiger partial charge is 0 e. The zero-order valence-electron chi connectivity index (χ0n) is 23.0. The predicted molar refractivity (Wildman–Crippen MR) is 157 cm³/mol. The third-order valence-electron chi connectivity index (χ3n) is 6.35. The van der Waals surface area contributed by atoms with Crippen LogP contribution in [0.25, 0.3) is 44.0 Å². The fraction of sp³-hybridized carbons (Fsp3) is 0.250. The summed E-state index contributed by atoms with van der Waals surface area (Å²) in [5.74, 6) is 7.59. The number of aromatic nitrogens is 1. The first kappa shape index (κ1) is 29.8. The zero-order valence-corrected chi connectivity index (χ0v) is 27.5. The molecule has 0 fully saturated rings. The van der Waals surface area contributed by atoms with Crippen LogP contribution in [-0.2, 0) is 24.9 Å². The third kappa shape index (κ3) is 6.45. The van der Waals surface area contributed by atoms with Crippen molar-refractivity contribution in [3.05, 3.63) is 84.3 Å². The maximum absolute atomic E-state index is 10.0. The Morgan fingerprint density at radius 2 is 1.71 bits per heavy atom. The van der Waals surface area contributed by atoms with Crippen molar-refractivity contribution < 1.29 is 34.4 Å². The Morgan fingerprint density at radius 3 is 2.32 bits per heavy atom.